The molecule has 0 saturated heterocycles. The van der Waals surface area contributed by atoms with Crippen LogP contribution in [0.25, 0.3) is 0 Å². The quantitative estimate of drug-likeness (QED) is 0.801. The molecule has 0 bridgehead atoms. The normalized spacial score (nSPS) is 13.1. The fourth-order valence-electron chi connectivity index (χ4n) is 1.77. The number of ether oxygens (including phenoxy) is 1. The van der Waals surface area contributed by atoms with Gasteiger partial charge in [-0.1, -0.05) is 0 Å². The van der Waals surface area contributed by atoms with Crippen LogP contribution in [-0.2, 0) is 11.8 Å². The summed E-state index contributed by atoms with van der Waals surface area (Å²) in [6, 6.07) is 4.12. The zero-order valence-electron chi connectivity index (χ0n) is 11.0. The predicted molar refractivity (Wildman–Crippen MR) is 73.9 cm³/mol. The number of nitrogens with zero attached hydrogens (tertiary/aromatic N) is 3. The molecule has 0 N–H and O–H groups in total. The highest BCUT2D eigenvalue weighted by Gasteiger charge is 2.18. The summed E-state index contributed by atoms with van der Waals surface area (Å²) in [5.74, 6) is 0. The Morgan fingerprint density at radius 3 is 2.83 bits per heavy atom. The van der Waals surface area contributed by atoms with Gasteiger partial charge in [0.15, 0.2) is 0 Å². The molecule has 0 amide bonds. The minimum Gasteiger partial charge on any atom is -0.366 e. The molecule has 0 fully saturated rings. The van der Waals surface area contributed by atoms with Gasteiger partial charge < -0.3 is 9.64 Å². The lowest BCUT2D eigenvalue weighted by Crippen LogP contribution is -2.20. The van der Waals surface area contributed by atoms with Gasteiger partial charge in [0.1, 0.15) is 6.10 Å². The Labute approximate surface area is 112 Å². The molecule has 2 aromatic heterocycles. The molecule has 18 heavy (non-hydrogen) atoms. The van der Waals surface area contributed by atoms with Gasteiger partial charge in [0, 0.05) is 19.8 Å². The van der Waals surface area contributed by atoms with Crippen LogP contribution in [0, 0.1) is 0 Å². The summed E-state index contributed by atoms with van der Waals surface area (Å²) in [6.45, 7) is 1.62. The molecule has 5 heteroatoms. The molecule has 1 atom stereocenters. The Hall–Kier alpha value is -1.17. The van der Waals surface area contributed by atoms with Crippen molar-refractivity contribution in [3.63, 3.8) is 0 Å². The highest BCUT2D eigenvalue weighted by Crippen LogP contribution is 2.27. The zero-order chi connectivity index (χ0) is 13.0. The molecule has 0 saturated carbocycles. The summed E-state index contributed by atoms with van der Waals surface area (Å²) < 4.78 is 7.90. The largest absolute Gasteiger partial charge is 0.366 e. The minimum absolute atomic E-state index is 0.0244. The van der Waals surface area contributed by atoms with Gasteiger partial charge >= 0.3 is 0 Å². The highest BCUT2D eigenvalue weighted by atomic mass is 32.1. The van der Waals surface area contributed by atoms with E-state index < -0.39 is 0 Å². The van der Waals surface area contributed by atoms with E-state index in [2.05, 4.69) is 26.8 Å². The molecular formula is C13H19N3OS. The molecule has 0 spiro atoms. The number of aryl methyl sites for hydroxylation is 1. The Balaban J connectivity index is 2.12. The van der Waals surface area contributed by atoms with Crippen LogP contribution in [0.5, 0.6) is 0 Å². The summed E-state index contributed by atoms with van der Waals surface area (Å²) in [5.41, 5.74) is 2.29. The Morgan fingerprint density at radius 1 is 1.44 bits per heavy atom. The minimum atomic E-state index is -0.0244. The van der Waals surface area contributed by atoms with Crippen LogP contribution in [-0.4, -0.2) is 41.9 Å². The van der Waals surface area contributed by atoms with E-state index in [9.17, 15) is 0 Å². The van der Waals surface area contributed by atoms with E-state index in [1.54, 1.807) is 11.3 Å². The molecule has 0 aromatic carbocycles. The summed E-state index contributed by atoms with van der Waals surface area (Å²) in [4.78, 5) is 2.12. The van der Waals surface area contributed by atoms with Crippen molar-refractivity contribution < 1.29 is 4.74 Å². The fraction of sp³-hybridized carbons (Fsp3) is 0.462. The van der Waals surface area contributed by atoms with E-state index in [-0.39, 0.29) is 6.10 Å². The van der Waals surface area contributed by atoms with Gasteiger partial charge in [-0.25, -0.2) is 0 Å². The molecular weight excluding hydrogens is 246 g/mol. The molecule has 0 radical (unpaired) electrons. The van der Waals surface area contributed by atoms with Gasteiger partial charge in [-0.2, -0.15) is 16.4 Å². The first-order valence-electron chi connectivity index (χ1n) is 5.95. The maximum absolute atomic E-state index is 6.03. The van der Waals surface area contributed by atoms with Gasteiger partial charge in [0.05, 0.1) is 12.3 Å². The lowest BCUT2D eigenvalue weighted by molar-refractivity contribution is 0.0641. The van der Waals surface area contributed by atoms with Crippen LogP contribution in [0.15, 0.2) is 29.1 Å². The molecule has 2 rings (SSSR count). The molecule has 2 aromatic rings. The second kappa shape index (κ2) is 6.13. The van der Waals surface area contributed by atoms with Crippen molar-refractivity contribution in [3.8, 4) is 0 Å². The second-order valence-corrected chi connectivity index (χ2v) is 5.27. The number of thiophene rings is 1. The van der Waals surface area contributed by atoms with Crippen LogP contribution in [0.1, 0.15) is 17.4 Å². The average molecular weight is 265 g/mol. The van der Waals surface area contributed by atoms with Gasteiger partial charge in [-0.15, -0.1) is 0 Å². The average Bonchev–Trinajstić information content (AvgIpc) is 2.96. The number of hydrogen-bond donors (Lipinski definition) is 0. The van der Waals surface area contributed by atoms with Crippen LogP contribution in [0.2, 0.25) is 0 Å². The zero-order valence-corrected chi connectivity index (χ0v) is 11.9. The first kappa shape index (κ1) is 13.3. The second-order valence-electron chi connectivity index (χ2n) is 4.49. The maximum atomic E-state index is 6.03. The van der Waals surface area contributed by atoms with Crippen molar-refractivity contribution in [2.45, 2.75) is 6.10 Å². The molecule has 0 aliphatic carbocycles. The van der Waals surface area contributed by atoms with Crippen LogP contribution >= 0.6 is 11.3 Å². The van der Waals surface area contributed by atoms with Crippen molar-refractivity contribution >= 4 is 11.3 Å². The fourth-order valence-corrected chi connectivity index (χ4v) is 2.44. The van der Waals surface area contributed by atoms with Crippen LogP contribution in [0.3, 0.4) is 0 Å². The summed E-state index contributed by atoms with van der Waals surface area (Å²) >= 11 is 1.69. The SMILES string of the molecule is CN(C)CCOC(c1ccsc1)c1ccnn1C. The van der Waals surface area contributed by atoms with E-state index in [1.165, 1.54) is 5.56 Å². The summed E-state index contributed by atoms with van der Waals surface area (Å²) in [7, 11) is 6.05. The van der Waals surface area contributed by atoms with Gasteiger partial charge in [0.25, 0.3) is 0 Å². The third kappa shape index (κ3) is 3.19. The molecule has 98 valence electrons. The van der Waals surface area contributed by atoms with E-state index >= 15 is 0 Å². The first-order chi connectivity index (χ1) is 8.68. The Morgan fingerprint density at radius 2 is 2.28 bits per heavy atom. The topological polar surface area (TPSA) is 30.3 Å². The van der Waals surface area contributed by atoms with Crippen molar-refractivity contribution in [1.29, 1.82) is 0 Å². The van der Waals surface area contributed by atoms with Crippen LogP contribution in [0.4, 0.5) is 0 Å². The van der Waals surface area contributed by atoms with E-state index in [0.717, 1.165) is 12.2 Å². The van der Waals surface area contributed by atoms with Gasteiger partial charge in [-0.05, 0) is 42.6 Å². The maximum Gasteiger partial charge on any atom is 0.125 e. The lowest BCUT2D eigenvalue weighted by atomic mass is 10.1. The molecule has 0 aliphatic heterocycles. The molecule has 4 nitrogen and oxygen atoms in total. The van der Waals surface area contributed by atoms with Gasteiger partial charge in [-0.3, -0.25) is 4.68 Å². The van der Waals surface area contributed by atoms with Gasteiger partial charge in [0.2, 0.25) is 0 Å². The summed E-state index contributed by atoms with van der Waals surface area (Å²) in [6.07, 6.45) is 1.79. The molecule has 2 heterocycles. The summed E-state index contributed by atoms with van der Waals surface area (Å²) in [5, 5.41) is 8.43. The van der Waals surface area contributed by atoms with E-state index in [4.69, 9.17) is 4.74 Å². The standard InChI is InChI=1S/C13H19N3OS/c1-15(2)7-8-17-13(11-5-9-18-10-11)12-4-6-14-16(12)3/h4-6,9-10,13H,7-8H2,1-3H3. The van der Waals surface area contributed by atoms with E-state index in [0.29, 0.717) is 6.61 Å². The van der Waals surface area contributed by atoms with Crippen molar-refractivity contribution in [2.24, 2.45) is 7.05 Å². The third-order valence-corrected chi connectivity index (χ3v) is 3.50. The number of aromatic nitrogens is 2. The number of hydrogen-bond acceptors (Lipinski definition) is 4. The van der Waals surface area contributed by atoms with E-state index in [1.807, 2.05) is 38.1 Å². The predicted octanol–water partition coefficient (Wildman–Crippen LogP) is 2.15. The number of likely N-dealkylation sites (N-methyl/N-ethyl adjacent to an activating group) is 1. The number of rotatable bonds is 6. The van der Waals surface area contributed by atoms with Crippen molar-refractivity contribution in [1.82, 2.24) is 14.7 Å². The Kier molecular flexibility index (Phi) is 4.52. The monoisotopic (exact) mass is 265 g/mol. The van der Waals surface area contributed by atoms with Crippen molar-refractivity contribution in [2.75, 3.05) is 27.2 Å². The van der Waals surface area contributed by atoms with Crippen LogP contribution < -0.4 is 0 Å². The molecule has 1 unspecified atom stereocenters. The van der Waals surface area contributed by atoms with Crippen molar-refractivity contribution in [3.05, 3.63) is 40.3 Å². The lowest BCUT2D eigenvalue weighted by Gasteiger charge is -2.19. The smallest absolute Gasteiger partial charge is 0.125 e. The molecule has 0 aliphatic rings. The Bertz CT molecular complexity index is 464. The first-order valence-corrected chi connectivity index (χ1v) is 6.89. The third-order valence-electron chi connectivity index (χ3n) is 2.80. The highest BCUT2D eigenvalue weighted by molar-refractivity contribution is 7.07.